The lowest BCUT2D eigenvalue weighted by molar-refractivity contribution is 0.0950. The van der Waals surface area contributed by atoms with Gasteiger partial charge in [0, 0.05) is 17.7 Å². The molecule has 0 unspecified atom stereocenters. The summed E-state index contributed by atoms with van der Waals surface area (Å²) in [4.78, 5) is 12.5. The van der Waals surface area contributed by atoms with E-state index in [9.17, 15) is 9.18 Å². The summed E-state index contributed by atoms with van der Waals surface area (Å²) >= 11 is 6.14. The highest BCUT2D eigenvalue weighted by Gasteiger charge is 2.12. The SMILES string of the molecule is CCOc1ccc(C(=O)NCc2ccc(F)cc2)cc1COc1ccccc1Cl. The standard InChI is InChI=1S/C23H21ClFNO3/c1-2-28-21-12-9-17(23(27)26-14-16-7-10-19(25)11-8-16)13-18(21)15-29-22-6-4-3-5-20(22)24/h3-13H,2,14-15H2,1H3,(H,26,27). The van der Waals surface area contributed by atoms with Crippen LogP contribution < -0.4 is 14.8 Å². The van der Waals surface area contributed by atoms with E-state index in [1.807, 2.05) is 19.1 Å². The summed E-state index contributed by atoms with van der Waals surface area (Å²) in [5.41, 5.74) is 2.03. The Hall–Kier alpha value is -3.05. The van der Waals surface area contributed by atoms with Gasteiger partial charge in [-0.3, -0.25) is 4.79 Å². The number of ether oxygens (including phenoxy) is 2. The summed E-state index contributed by atoms with van der Waals surface area (Å²) in [5.74, 6) is 0.656. The fourth-order valence-electron chi connectivity index (χ4n) is 2.73. The molecule has 0 aromatic heterocycles. The van der Waals surface area contributed by atoms with Crippen molar-refractivity contribution < 1.29 is 18.7 Å². The molecular formula is C23H21ClFNO3. The largest absolute Gasteiger partial charge is 0.493 e. The van der Waals surface area contributed by atoms with Crippen LogP contribution in [-0.4, -0.2) is 12.5 Å². The van der Waals surface area contributed by atoms with Crippen LogP contribution in [0.2, 0.25) is 5.02 Å². The fourth-order valence-corrected chi connectivity index (χ4v) is 2.92. The molecule has 0 bridgehead atoms. The van der Waals surface area contributed by atoms with E-state index in [-0.39, 0.29) is 18.3 Å². The number of nitrogens with one attached hydrogen (secondary N) is 1. The highest BCUT2D eigenvalue weighted by atomic mass is 35.5. The second kappa shape index (κ2) is 9.94. The number of carbonyl (C=O) groups excluding carboxylic acids is 1. The molecule has 3 aromatic carbocycles. The van der Waals surface area contributed by atoms with Crippen molar-refractivity contribution in [3.8, 4) is 11.5 Å². The molecule has 0 fully saturated rings. The van der Waals surface area contributed by atoms with Crippen molar-refractivity contribution in [2.75, 3.05) is 6.61 Å². The summed E-state index contributed by atoms with van der Waals surface area (Å²) in [6.07, 6.45) is 0. The molecule has 3 aromatic rings. The Morgan fingerprint density at radius 3 is 2.48 bits per heavy atom. The van der Waals surface area contributed by atoms with Crippen molar-refractivity contribution in [3.63, 3.8) is 0 Å². The van der Waals surface area contributed by atoms with Crippen LogP contribution in [0.1, 0.15) is 28.4 Å². The molecule has 0 aliphatic heterocycles. The molecule has 4 nitrogen and oxygen atoms in total. The van der Waals surface area contributed by atoms with Crippen molar-refractivity contribution >= 4 is 17.5 Å². The fraction of sp³-hybridized carbons (Fsp3) is 0.174. The highest BCUT2D eigenvalue weighted by Crippen LogP contribution is 2.27. The van der Waals surface area contributed by atoms with Gasteiger partial charge in [-0.15, -0.1) is 0 Å². The molecule has 0 aliphatic carbocycles. The van der Waals surface area contributed by atoms with E-state index >= 15 is 0 Å². The van der Waals surface area contributed by atoms with Crippen molar-refractivity contribution in [2.45, 2.75) is 20.1 Å². The Labute approximate surface area is 174 Å². The van der Waals surface area contributed by atoms with Gasteiger partial charge in [0.05, 0.1) is 11.6 Å². The first-order valence-corrected chi connectivity index (χ1v) is 9.60. The van der Waals surface area contributed by atoms with Crippen LogP contribution in [0.4, 0.5) is 4.39 Å². The lowest BCUT2D eigenvalue weighted by Crippen LogP contribution is -2.23. The van der Waals surface area contributed by atoms with Gasteiger partial charge in [0.15, 0.2) is 0 Å². The van der Waals surface area contributed by atoms with E-state index in [2.05, 4.69) is 5.32 Å². The number of hydrogen-bond acceptors (Lipinski definition) is 3. The maximum absolute atomic E-state index is 13.0. The maximum Gasteiger partial charge on any atom is 0.251 e. The zero-order valence-corrected chi connectivity index (χ0v) is 16.7. The molecule has 29 heavy (non-hydrogen) atoms. The summed E-state index contributed by atoms with van der Waals surface area (Å²) in [6.45, 7) is 2.90. The van der Waals surface area contributed by atoms with Crippen molar-refractivity contribution in [1.82, 2.24) is 5.32 Å². The van der Waals surface area contributed by atoms with E-state index < -0.39 is 0 Å². The number of para-hydroxylation sites is 1. The van der Waals surface area contributed by atoms with Gasteiger partial charge >= 0.3 is 0 Å². The predicted molar refractivity (Wildman–Crippen MR) is 111 cm³/mol. The molecule has 0 saturated heterocycles. The van der Waals surface area contributed by atoms with Gasteiger partial charge in [0.2, 0.25) is 0 Å². The molecule has 1 N–H and O–H groups in total. The molecule has 0 atom stereocenters. The third-order valence-corrected chi connectivity index (χ3v) is 4.52. The number of halogens is 2. The average Bonchev–Trinajstić information content (AvgIpc) is 2.73. The predicted octanol–water partition coefficient (Wildman–Crippen LogP) is 5.39. The maximum atomic E-state index is 13.0. The van der Waals surface area contributed by atoms with E-state index in [1.54, 1.807) is 42.5 Å². The molecule has 1 amide bonds. The third-order valence-electron chi connectivity index (χ3n) is 4.21. The molecule has 0 radical (unpaired) electrons. The summed E-state index contributed by atoms with van der Waals surface area (Å²) in [5, 5.41) is 3.34. The van der Waals surface area contributed by atoms with E-state index in [4.69, 9.17) is 21.1 Å². The smallest absolute Gasteiger partial charge is 0.251 e. The minimum Gasteiger partial charge on any atom is -0.493 e. The van der Waals surface area contributed by atoms with E-state index in [0.29, 0.717) is 35.2 Å². The third kappa shape index (κ3) is 5.72. The Morgan fingerprint density at radius 1 is 1.00 bits per heavy atom. The molecule has 150 valence electrons. The Balaban J connectivity index is 1.71. The summed E-state index contributed by atoms with van der Waals surface area (Å²) in [7, 11) is 0. The minimum absolute atomic E-state index is 0.206. The van der Waals surface area contributed by atoms with Gasteiger partial charge in [-0.25, -0.2) is 4.39 Å². The van der Waals surface area contributed by atoms with Crippen LogP contribution in [0.25, 0.3) is 0 Å². The van der Waals surface area contributed by atoms with Gasteiger partial charge in [-0.05, 0) is 55.0 Å². The van der Waals surface area contributed by atoms with Crippen LogP contribution in [0.15, 0.2) is 66.7 Å². The number of benzene rings is 3. The lowest BCUT2D eigenvalue weighted by Gasteiger charge is -2.14. The quantitative estimate of drug-likeness (QED) is 0.538. The van der Waals surface area contributed by atoms with Crippen LogP contribution >= 0.6 is 11.6 Å². The normalized spacial score (nSPS) is 10.4. The van der Waals surface area contributed by atoms with Gasteiger partial charge in [-0.2, -0.15) is 0 Å². The molecule has 6 heteroatoms. The van der Waals surface area contributed by atoms with Gasteiger partial charge in [0.25, 0.3) is 5.91 Å². The lowest BCUT2D eigenvalue weighted by atomic mass is 10.1. The number of carbonyl (C=O) groups is 1. The highest BCUT2D eigenvalue weighted by molar-refractivity contribution is 6.32. The second-order valence-electron chi connectivity index (χ2n) is 6.28. The van der Waals surface area contributed by atoms with Gasteiger partial charge in [0.1, 0.15) is 23.9 Å². The van der Waals surface area contributed by atoms with Gasteiger partial charge in [-0.1, -0.05) is 35.9 Å². The zero-order valence-electron chi connectivity index (χ0n) is 16.0. The van der Waals surface area contributed by atoms with Crippen molar-refractivity contribution in [2.24, 2.45) is 0 Å². The van der Waals surface area contributed by atoms with Crippen LogP contribution in [0.3, 0.4) is 0 Å². The second-order valence-corrected chi connectivity index (χ2v) is 6.69. The van der Waals surface area contributed by atoms with Crippen molar-refractivity contribution in [3.05, 3.63) is 94.3 Å². The monoisotopic (exact) mass is 413 g/mol. The van der Waals surface area contributed by atoms with Crippen LogP contribution in [-0.2, 0) is 13.2 Å². The summed E-state index contributed by atoms with van der Waals surface area (Å²) in [6, 6.07) is 18.4. The first-order chi connectivity index (χ1) is 14.1. The molecule has 3 rings (SSSR count). The van der Waals surface area contributed by atoms with Gasteiger partial charge < -0.3 is 14.8 Å². The Morgan fingerprint density at radius 2 is 1.76 bits per heavy atom. The molecule has 0 spiro atoms. The number of rotatable bonds is 8. The van der Waals surface area contributed by atoms with Crippen molar-refractivity contribution in [1.29, 1.82) is 0 Å². The summed E-state index contributed by atoms with van der Waals surface area (Å²) < 4.78 is 24.5. The minimum atomic E-state index is -0.310. The van der Waals surface area contributed by atoms with E-state index in [1.165, 1.54) is 12.1 Å². The number of amides is 1. The topological polar surface area (TPSA) is 47.6 Å². The van der Waals surface area contributed by atoms with Crippen LogP contribution in [0, 0.1) is 5.82 Å². The zero-order chi connectivity index (χ0) is 20.6. The number of hydrogen-bond donors (Lipinski definition) is 1. The first kappa shape index (κ1) is 20.7. The van der Waals surface area contributed by atoms with Crippen LogP contribution in [0.5, 0.6) is 11.5 Å². The van der Waals surface area contributed by atoms with E-state index in [0.717, 1.165) is 11.1 Å². The molecule has 0 saturated carbocycles. The average molecular weight is 414 g/mol. The molecule has 0 heterocycles. The molecule has 0 aliphatic rings. The Bertz CT molecular complexity index is 976. The molecular weight excluding hydrogens is 393 g/mol. The first-order valence-electron chi connectivity index (χ1n) is 9.22. The Kier molecular flexibility index (Phi) is 7.09.